The van der Waals surface area contributed by atoms with Crippen molar-refractivity contribution in [2.24, 2.45) is 0 Å². The predicted octanol–water partition coefficient (Wildman–Crippen LogP) is 4.06. The van der Waals surface area contributed by atoms with Gasteiger partial charge in [0, 0.05) is 25.2 Å². The Labute approximate surface area is 169 Å². The van der Waals surface area contributed by atoms with Gasteiger partial charge in [0.05, 0.1) is 11.5 Å². The number of rotatable bonds is 5. The molecule has 8 heteroatoms. The molecule has 2 aliphatic rings. The molecule has 7 nitrogen and oxygen atoms in total. The molecule has 0 spiro atoms. The third-order valence-electron chi connectivity index (χ3n) is 4.10. The van der Waals surface area contributed by atoms with Crippen molar-refractivity contribution in [1.29, 1.82) is 0 Å². The fraction of sp³-hybridized carbons (Fsp3) is 0.450. The fourth-order valence-electron chi connectivity index (χ4n) is 2.63. The average molecular weight is 407 g/mol. The number of imide groups is 1. The van der Waals surface area contributed by atoms with E-state index < -0.39 is 17.1 Å². The van der Waals surface area contributed by atoms with Crippen molar-refractivity contribution in [3.05, 3.63) is 35.0 Å². The van der Waals surface area contributed by atoms with Crippen LogP contribution in [0.1, 0.15) is 39.4 Å². The second kappa shape index (κ2) is 10.8. The number of allylic oxidation sites excluding steroid dienone is 2. The van der Waals surface area contributed by atoms with E-state index in [1.54, 1.807) is 13.0 Å². The van der Waals surface area contributed by atoms with Crippen LogP contribution in [0, 0.1) is 0 Å². The highest BCUT2D eigenvalue weighted by Gasteiger charge is 2.36. The zero-order chi connectivity index (χ0) is 20.5. The summed E-state index contributed by atoms with van der Waals surface area (Å²) in [5.74, 6) is 0.176. The summed E-state index contributed by atoms with van der Waals surface area (Å²) in [4.78, 5) is 39.0. The van der Waals surface area contributed by atoms with Gasteiger partial charge in [0.2, 0.25) is 0 Å². The first-order valence-corrected chi connectivity index (χ1v) is 10.1. The molecule has 1 aromatic rings. The smallest absolute Gasteiger partial charge is 0.326 e. The molecular weight excluding hydrogens is 380 g/mol. The first-order chi connectivity index (χ1) is 13.5. The lowest BCUT2D eigenvalue weighted by atomic mass is 10.3. The molecular formula is C20H26N2O5S. The minimum Gasteiger partial charge on any atom is -0.465 e. The molecule has 0 unspecified atom stereocenters. The topological polar surface area (TPSA) is 80.1 Å². The molecule has 0 atom stereocenters. The van der Waals surface area contributed by atoms with Gasteiger partial charge in [-0.05, 0) is 51.4 Å². The van der Waals surface area contributed by atoms with Gasteiger partial charge in [-0.2, -0.15) is 0 Å². The van der Waals surface area contributed by atoms with Crippen molar-refractivity contribution < 1.29 is 23.5 Å². The monoisotopic (exact) mass is 406 g/mol. The van der Waals surface area contributed by atoms with Crippen LogP contribution in [0.15, 0.2) is 33.6 Å². The van der Waals surface area contributed by atoms with E-state index in [0.29, 0.717) is 5.76 Å². The first-order valence-electron chi connectivity index (χ1n) is 9.33. The van der Waals surface area contributed by atoms with Gasteiger partial charge in [-0.1, -0.05) is 12.2 Å². The Bertz CT molecular complexity index is 758. The molecule has 3 rings (SSSR count). The average Bonchev–Trinajstić information content (AvgIpc) is 3.41. The Morgan fingerprint density at radius 3 is 2.50 bits per heavy atom. The Morgan fingerprint density at radius 1 is 1.21 bits per heavy atom. The van der Waals surface area contributed by atoms with Gasteiger partial charge in [0.25, 0.3) is 11.1 Å². The van der Waals surface area contributed by atoms with Crippen molar-refractivity contribution in [2.45, 2.75) is 33.6 Å². The summed E-state index contributed by atoms with van der Waals surface area (Å²) in [6.45, 7) is 7.43. The van der Waals surface area contributed by atoms with Crippen molar-refractivity contribution in [3.8, 4) is 0 Å². The summed E-state index contributed by atoms with van der Waals surface area (Å²) in [5, 5.41) is -0.481. The number of amides is 2. The van der Waals surface area contributed by atoms with Crippen molar-refractivity contribution in [2.75, 3.05) is 31.1 Å². The van der Waals surface area contributed by atoms with Gasteiger partial charge in [0.1, 0.15) is 12.3 Å². The van der Waals surface area contributed by atoms with Crippen LogP contribution in [0.25, 0.3) is 6.08 Å². The molecule has 2 amide bonds. The van der Waals surface area contributed by atoms with Crippen LogP contribution in [-0.4, -0.2) is 48.3 Å². The minimum absolute atomic E-state index is 0.205. The Balaban J connectivity index is 0.000000640. The van der Waals surface area contributed by atoms with E-state index in [1.165, 1.54) is 6.08 Å². The van der Waals surface area contributed by atoms with E-state index in [0.717, 1.165) is 48.5 Å². The van der Waals surface area contributed by atoms with Gasteiger partial charge in [-0.15, -0.1) is 0 Å². The van der Waals surface area contributed by atoms with Gasteiger partial charge in [-0.3, -0.25) is 19.3 Å². The van der Waals surface area contributed by atoms with Crippen LogP contribution in [0.5, 0.6) is 0 Å². The third kappa shape index (κ3) is 5.76. The van der Waals surface area contributed by atoms with Gasteiger partial charge < -0.3 is 14.1 Å². The van der Waals surface area contributed by atoms with E-state index in [9.17, 15) is 14.4 Å². The van der Waals surface area contributed by atoms with E-state index in [4.69, 9.17) is 9.15 Å². The van der Waals surface area contributed by atoms with E-state index in [-0.39, 0.29) is 18.1 Å². The van der Waals surface area contributed by atoms with Crippen molar-refractivity contribution in [1.82, 2.24) is 4.90 Å². The van der Waals surface area contributed by atoms with Crippen molar-refractivity contribution >= 4 is 40.8 Å². The van der Waals surface area contributed by atoms with Crippen LogP contribution in [0.4, 0.5) is 10.7 Å². The standard InChI is InChI=1S/C16H18N2O5S.C4H8/c1-2-22-14(19)10-18-15(20)12(24-16(18)21)9-11-5-6-13(23-11)17-7-3-4-8-17;1-3-4-2/h5-6,9H,2-4,7-8,10H2,1H3;3-4H,1-2H3/b12-9-;4-3-. The highest BCUT2D eigenvalue weighted by atomic mass is 32.2. The number of nitrogens with zero attached hydrogens (tertiary/aromatic N) is 2. The molecule has 0 bridgehead atoms. The summed E-state index contributed by atoms with van der Waals surface area (Å²) >= 11 is 0.795. The molecule has 3 heterocycles. The highest BCUT2D eigenvalue weighted by molar-refractivity contribution is 8.18. The Kier molecular flexibility index (Phi) is 8.38. The molecule has 2 saturated heterocycles. The second-order valence-corrected chi connectivity index (χ2v) is 7.10. The molecule has 0 aromatic carbocycles. The van der Waals surface area contributed by atoms with E-state index in [2.05, 4.69) is 4.90 Å². The Hall–Kier alpha value is -2.48. The van der Waals surface area contributed by atoms with Crippen LogP contribution in [0.2, 0.25) is 0 Å². The number of anilines is 1. The number of hydrogen-bond acceptors (Lipinski definition) is 7. The third-order valence-corrected chi connectivity index (χ3v) is 5.01. The highest BCUT2D eigenvalue weighted by Crippen LogP contribution is 2.33. The lowest BCUT2D eigenvalue weighted by Gasteiger charge is -2.12. The van der Waals surface area contributed by atoms with Gasteiger partial charge in [0.15, 0.2) is 5.88 Å². The number of hydrogen-bond donors (Lipinski definition) is 0. The van der Waals surface area contributed by atoms with Crippen LogP contribution >= 0.6 is 11.8 Å². The van der Waals surface area contributed by atoms with Crippen molar-refractivity contribution in [3.63, 3.8) is 0 Å². The second-order valence-electron chi connectivity index (χ2n) is 6.11. The summed E-state index contributed by atoms with van der Waals surface area (Å²) in [6, 6.07) is 3.63. The summed E-state index contributed by atoms with van der Waals surface area (Å²) in [5.41, 5.74) is 0. The molecule has 0 radical (unpaired) electrons. The van der Waals surface area contributed by atoms with Gasteiger partial charge >= 0.3 is 5.97 Å². The number of esters is 1. The minimum atomic E-state index is -0.602. The molecule has 2 aliphatic heterocycles. The number of thioether (sulfide) groups is 1. The number of furan rings is 1. The normalized spacial score (nSPS) is 18.2. The fourth-order valence-corrected chi connectivity index (χ4v) is 3.45. The number of carbonyl (C=O) groups excluding carboxylic acids is 3. The quantitative estimate of drug-likeness (QED) is 0.414. The van der Waals surface area contributed by atoms with E-state index >= 15 is 0 Å². The molecule has 0 aliphatic carbocycles. The van der Waals surface area contributed by atoms with Crippen LogP contribution in [0.3, 0.4) is 0 Å². The molecule has 152 valence electrons. The first kappa shape index (κ1) is 21.8. The number of ether oxygens (including phenoxy) is 1. The molecule has 0 N–H and O–H groups in total. The zero-order valence-electron chi connectivity index (χ0n) is 16.5. The largest absolute Gasteiger partial charge is 0.465 e. The van der Waals surface area contributed by atoms with E-state index in [1.807, 2.05) is 32.1 Å². The molecule has 28 heavy (non-hydrogen) atoms. The summed E-state index contributed by atoms with van der Waals surface area (Å²) in [7, 11) is 0. The van der Waals surface area contributed by atoms with Gasteiger partial charge in [-0.25, -0.2) is 0 Å². The zero-order valence-corrected chi connectivity index (χ0v) is 17.3. The number of carbonyl (C=O) groups is 3. The molecule has 0 saturated carbocycles. The maximum Gasteiger partial charge on any atom is 0.326 e. The maximum atomic E-state index is 12.3. The SMILES string of the molecule is C/C=C\C.CCOC(=O)CN1C(=O)S/C(=C\c2ccc(N3CCCC3)o2)C1=O. The maximum absolute atomic E-state index is 12.3. The summed E-state index contributed by atoms with van der Waals surface area (Å²) < 4.78 is 10.5. The predicted molar refractivity (Wildman–Crippen MR) is 110 cm³/mol. The lowest BCUT2D eigenvalue weighted by Crippen LogP contribution is -2.34. The molecule has 2 fully saturated rings. The van der Waals surface area contributed by atoms with Crippen LogP contribution in [-0.2, 0) is 14.3 Å². The molecule has 1 aromatic heterocycles. The lowest BCUT2D eigenvalue weighted by molar-refractivity contribution is -0.145. The summed E-state index contributed by atoms with van der Waals surface area (Å²) in [6.07, 6.45) is 7.82. The Morgan fingerprint density at radius 2 is 1.89 bits per heavy atom. The van der Waals surface area contributed by atoms with Crippen LogP contribution < -0.4 is 4.90 Å².